The fourth-order valence-electron chi connectivity index (χ4n) is 2.26. The lowest BCUT2D eigenvalue weighted by atomic mass is 10.1. The number of carbonyl (C=O) groups excluding carboxylic acids is 2. The number of hydrogen-bond acceptors (Lipinski definition) is 8. The summed E-state index contributed by atoms with van der Waals surface area (Å²) >= 11 is 0. The van der Waals surface area contributed by atoms with Crippen LogP contribution in [0.5, 0.6) is 0 Å². The average molecular weight is 501 g/mol. The van der Waals surface area contributed by atoms with Crippen LogP contribution >= 0.6 is 43.2 Å². The summed E-state index contributed by atoms with van der Waals surface area (Å²) < 4.78 is 0. The molecule has 12 heteroatoms. The highest BCUT2D eigenvalue weighted by atomic mass is 33.1. The second kappa shape index (κ2) is 17.9. The zero-order chi connectivity index (χ0) is 22.9. The van der Waals surface area contributed by atoms with Crippen molar-refractivity contribution in [2.45, 2.75) is 70.2 Å². The van der Waals surface area contributed by atoms with Crippen molar-refractivity contribution in [1.29, 1.82) is 0 Å². The third-order valence-electron chi connectivity index (χ3n) is 3.76. The molecule has 0 aromatic carbocycles. The van der Waals surface area contributed by atoms with E-state index in [1.165, 1.54) is 35.4 Å². The maximum absolute atomic E-state index is 11.2. The Kier molecular flexibility index (Phi) is 17.5. The second-order valence-corrected chi connectivity index (χ2v) is 11.9. The first-order valence-corrected chi connectivity index (χ1v) is 14.6. The molecule has 0 aliphatic carbocycles. The third-order valence-corrected chi connectivity index (χ3v) is 9.19. The van der Waals surface area contributed by atoms with Gasteiger partial charge in [0.1, 0.15) is 12.1 Å². The molecular formula is C18H32N2O6S4. The Labute approximate surface area is 194 Å². The quantitative estimate of drug-likeness (QED) is 0.164. The van der Waals surface area contributed by atoms with Gasteiger partial charge in [-0.15, -0.1) is 0 Å². The van der Waals surface area contributed by atoms with Gasteiger partial charge >= 0.3 is 11.9 Å². The Balaban J connectivity index is 4.37. The highest BCUT2D eigenvalue weighted by molar-refractivity contribution is 8.77. The Bertz CT molecular complexity index is 553. The second-order valence-electron chi connectivity index (χ2n) is 6.58. The molecule has 30 heavy (non-hydrogen) atoms. The Hall–Kier alpha value is -0.720. The van der Waals surface area contributed by atoms with Crippen molar-refractivity contribution in [3.8, 4) is 0 Å². The minimum absolute atomic E-state index is 0.291. The van der Waals surface area contributed by atoms with E-state index in [4.69, 9.17) is 5.11 Å². The van der Waals surface area contributed by atoms with Crippen LogP contribution in [0.4, 0.5) is 0 Å². The van der Waals surface area contributed by atoms with Gasteiger partial charge in [-0.25, -0.2) is 9.59 Å². The summed E-state index contributed by atoms with van der Waals surface area (Å²) in [5.74, 6) is -1.40. The van der Waals surface area contributed by atoms with Gasteiger partial charge in [0.25, 0.3) is 0 Å². The topological polar surface area (TPSA) is 133 Å². The average Bonchev–Trinajstić information content (AvgIpc) is 2.64. The van der Waals surface area contributed by atoms with E-state index in [2.05, 4.69) is 17.6 Å². The summed E-state index contributed by atoms with van der Waals surface area (Å²) in [6.45, 7) is 4.74. The van der Waals surface area contributed by atoms with E-state index < -0.39 is 24.0 Å². The van der Waals surface area contributed by atoms with Gasteiger partial charge in [-0.05, 0) is 12.8 Å². The molecule has 0 aromatic heterocycles. The van der Waals surface area contributed by atoms with E-state index in [-0.39, 0.29) is 11.8 Å². The van der Waals surface area contributed by atoms with Gasteiger partial charge in [-0.3, -0.25) is 9.59 Å². The predicted octanol–water partition coefficient (Wildman–Crippen LogP) is 3.27. The highest BCUT2D eigenvalue weighted by Crippen LogP contribution is 2.35. The van der Waals surface area contributed by atoms with Crippen molar-refractivity contribution in [3.05, 3.63) is 0 Å². The molecule has 0 aliphatic rings. The summed E-state index contributed by atoms with van der Waals surface area (Å²) in [5, 5.41) is 23.5. The lowest BCUT2D eigenvalue weighted by molar-refractivity contribution is -0.141. The van der Waals surface area contributed by atoms with Crippen molar-refractivity contribution in [2.24, 2.45) is 0 Å². The van der Waals surface area contributed by atoms with Crippen LogP contribution in [0.3, 0.4) is 0 Å². The molecule has 0 fully saturated rings. The van der Waals surface area contributed by atoms with Crippen LogP contribution in [0, 0.1) is 0 Å². The minimum atomic E-state index is -1.05. The number of rotatable bonds is 18. The van der Waals surface area contributed by atoms with Crippen LogP contribution in [-0.2, 0) is 19.2 Å². The van der Waals surface area contributed by atoms with Crippen molar-refractivity contribution in [2.75, 3.05) is 17.3 Å². The van der Waals surface area contributed by atoms with E-state index in [9.17, 15) is 24.3 Å². The van der Waals surface area contributed by atoms with Gasteiger partial charge < -0.3 is 20.8 Å². The lowest BCUT2D eigenvalue weighted by Gasteiger charge is -2.18. The molecule has 3 atom stereocenters. The van der Waals surface area contributed by atoms with Gasteiger partial charge in [0.15, 0.2) is 0 Å². The van der Waals surface area contributed by atoms with Gasteiger partial charge in [0, 0.05) is 36.4 Å². The standard InChI is InChI=1S/C18H32N2O6S4/c1-4-5-6-7-14(30-29-11-16(18(25)26)20-13(3)22)8-9-27-28-10-15(17(23)24)19-12(2)21/h14-16H,4-11H2,1-3H3,(H,19,21)(H,20,22)(H,23,24)(H,25,26). The van der Waals surface area contributed by atoms with Crippen LogP contribution in [0.2, 0.25) is 0 Å². The Morgan fingerprint density at radius 2 is 1.33 bits per heavy atom. The van der Waals surface area contributed by atoms with Crippen LogP contribution in [0.1, 0.15) is 52.9 Å². The van der Waals surface area contributed by atoms with Gasteiger partial charge in [0.2, 0.25) is 11.8 Å². The number of nitrogens with one attached hydrogen (secondary N) is 2. The van der Waals surface area contributed by atoms with E-state index in [0.717, 1.165) is 37.9 Å². The predicted molar refractivity (Wildman–Crippen MR) is 128 cm³/mol. The first kappa shape index (κ1) is 29.3. The van der Waals surface area contributed by atoms with Crippen molar-refractivity contribution in [1.82, 2.24) is 10.6 Å². The molecule has 0 aliphatic heterocycles. The highest BCUT2D eigenvalue weighted by Gasteiger charge is 2.20. The van der Waals surface area contributed by atoms with Crippen molar-refractivity contribution < 1.29 is 29.4 Å². The van der Waals surface area contributed by atoms with Crippen molar-refractivity contribution >= 4 is 66.9 Å². The first-order valence-electron chi connectivity index (χ1n) is 9.69. The first-order chi connectivity index (χ1) is 14.2. The molecule has 0 spiro atoms. The molecule has 174 valence electrons. The SMILES string of the molecule is CCCCCC(CCSSCC(NC(C)=O)C(=O)O)SSCC(NC(C)=O)C(=O)O. The summed E-state index contributed by atoms with van der Waals surface area (Å²) in [5.41, 5.74) is 0. The number of aliphatic carboxylic acids is 2. The monoisotopic (exact) mass is 500 g/mol. The number of amides is 2. The molecule has 8 nitrogen and oxygen atoms in total. The fraction of sp³-hybridized carbons (Fsp3) is 0.778. The number of carboxylic acid groups (broad SMARTS) is 2. The molecule has 0 saturated heterocycles. The zero-order valence-corrected chi connectivity index (χ0v) is 20.8. The maximum Gasteiger partial charge on any atom is 0.327 e. The van der Waals surface area contributed by atoms with E-state index in [0.29, 0.717) is 16.8 Å². The number of carbonyl (C=O) groups is 4. The minimum Gasteiger partial charge on any atom is -0.480 e. The molecule has 2 amide bonds. The van der Waals surface area contributed by atoms with Crippen molar-refractivity contribution in [3.63, 3.8) is 0 Å². The van der Waals surface area contributed by atoms with Crippen LogP contribution < -0.4 is 10.6 Å². The lowest BCUT2D eigenvalue weighted by Crippen LogP contribution is -2.41. The molecule has 0 rings (SSSR count). The van der Waals surface area contributed by atoms with Crippen LogP contribution in [-0.4, -0.2) is 68.6 Å². The summed E-state index contributed by atoms with van der Waals surface area (Å²) in [6.07, 6.45) is 5.31. The number of hydrogen-bond donors (Lipinski definition) is 4. The molecule has 0 bridgehead atoms. The molecule has 0 saturated carbocycles. The Morgan fingerprint density at radius 3 is 1.80 bits per heavy atom. The molecule has 0 aromatic rings. The third kappa shape index (κ3) is 16.0. The van der Waals surface area contributed by atoms with E-state index in [1.807, 2.05) is 0 Å². The smallest absolute Gasteiger partial charge is 0.327 e. The fourth-order valence-corrected chi connectivity index (χ4v) is 7.61. The van der Waals surface area contributed by atoms with Crippen LogP contribution in [0.25, 0.3) is 0 Å². The molecule has 0 radical (unpaired) electrons. The summed E-state index contributed by atoms with van der Waals surface area (Å²) in [4.78, 5) is 44.5. The number of carboxylic acids is 2. The van der Waals surface area contributed by atoms with Gasteiger partial charge in [0.05, 0.1) is 0 Å². The molecular weight excluding hydrogens is 468 g/mol. The maximum atomic E-state index is 11.2. The van der Waals surface area contributed by atoms with Crippen LogP contribution in [0.15, 0.2) is 0 Å². The normalized spacial score (nSPS) is 13.8. The molecule has 4 N–H and O–H groups in total. The van der Waals surface area contributed by atoms with E-state index in [1.54, 1.807) is 21.6 Å². The molecule has 3 unspecified atom stereocenters. The molecule has 0 heterocycles. The summed E-state index contributed by atoms with van der Waals surface area (Å²) in [6, 6.07) is -1.80. The largest absolute Gasteiger partial charge is 0.480 e. The van der Waals surface area contributed by atoms with E-state index >= 15 is 0 Å². The van der Waals surface area contributed by atoms with Gasteiger partial charge in [-0.2, -0.15) is 0 Å². The van der Waals surface area contributed by atoms with Gasteiger partial charge in [-0.1, -0.05) is 69.4 Å². The summed E-state index contributed by atoms with van der Waals surface area (Å²) in [7, 11) is 6.10. The number of unbranched alkanes of at least 4 members (excludes halogenated alkanes) is 2. The zero-order valence-electron chi connectivity index (χ0n) is 17.5. The Morgan fingerprint density at radius 1 is 0.800 bits per heavy atom.